The van der Waals surface area contributed by atoms with E-state index in [1.165, 1.54) is 109 Å². The van der Waals surface area contributed by atoms with E-state index in [9.17, 15) is 0 Å². The lowest BCUT2D eigenvalue weighted by molar-refractivity contribution is 0.590. The van der Waals surface area contributed by atoms with Gasteiger partial charge in [-0.3, -0.25) is 0 Å². The van der Waals surface area contributed by atoms with Gasteiger partial charge in [0.15, 0.2) is 0 Å². The molecule has 0 atom stereocenters. The molecule has 60 heavy (non-hydrogen) atoms. The van der Waals surface area contributed by atoms with Crippen molar-refractivity contribution in [2.45, 2.75) is 45.4 Å². The van der Waals surface area contributed by atoms with Crippen LogP contribution < -0.4 is 15.7 Å². The zero-order chi connectivity index (χ0) is 40.0. The fourth-order valence-electron chi connectivity index (χ4n) is 11.4. The van der Waals surface area contributed by atoms with Gasteiger partial charge in [-0.25, -0.2) is 0 Å². The van der Waals surface area contributed by atoms with Crippen molar-refractivity contribution < 1.29 is 4.42 Å². The summed E-state index contributed by atoms with van der Waals surface area (Å²) >= 11 is 1.90. The van der Waals surface area contributed by atoms with Gasteiger partial charge in [-0.05, 0) is 104 Å². The van der Waals surface area contributed by atoms with Crippen molar-refractivity contribution in [3.63, 3.8) is 0 Å². The molecule has 5 heteroatoms. The monoisotopic (exact) mass is 786 g/mol. The summed E-state index contributed by atoms with van der Waals surface area (Å²) in [6.45, 7) is 11.6. The van der Waals surface area contributed by atoms with Gasteiger partial charge in [-0.2, -0.15) is 0 Å². The molecule has 3 nitrogen and oxygen atoms in total. The van der Waals surface area contributed by atoms with E-state index in [4.69, 9.17) is 4.42 Å². The van der Waals surface area contributed by atoms with Crippen LogP contribution in [0, 0.1) is 0 Å². The molecule has 0 saturated carbocycles. The minimum absolute atomic E-state index is 0.0393. The highest BCUT2D eigenvalue weighted by atomic mass is 32.1. The Morgan fingerprint density at radius 3 is 2.18 bits per heavy atom. The lowest BCUT2D eigenvalue weighted by atomic mass is 9.43. The molecule has 0 spiro atoms. The van der Waals surface area contributed by atoms with Crippen molar-refractivity contribution in [3.05, 3.63) is 162 Å². The van der Waals surface area contributed by atoms with Crippen LogP contribution in [-0.4, -0.2) is 11.4 Å². The summed E-state index contributed by atoms with van der Waals surface area (Å²) in [5, 5.41) is 7.55. The molecule has 0 N–H and O–H groups in total. The van der Waals surface area contributed by atoms with Crippen LogP contribution in [0.4, 0.5) is 11.4 Å². The van der Waals surface area contributed by atoms with Gasteiger partial charge in [0.05, 0.1) is 11.0 Å². The average Bonchev–Trinajstić information content (AvgIpc) is 3.97. The van der Waals surface area contributed by atoms with Crippen molar-refractivity contribution in [2.75, 3.05) is 4.81 Å². The highest BCUT2D eigenvalue weighted by molar-refractivity contribution is 7.25. The van der Waals surface area contributed by atoms with Crippen LogP contribution in [0.1, 0.15) is 51.3 Å². The first-order valence-corrected chi connectivity index (χ1v) is 22.0. The first-order chi connectivity index (χ1) is 29.1. The molecule has 284 valence electrons. The summed E-state index contributed by atoms with van der Waals surface area (Å²) in [5.41, 5.74) is 20.0. The molecule has 1 aliphatic carbocycles. The first-order valence-electron chi connectivity index (χ1n) is 21.2. The molecule has 3 aliphatic rings. The first kappa shape index (κ1) is 33.3. The number of furan rings is 1. The second-order valence-electron chi connectivity index (χ2n) is 18.9. The molecule has 0 amide bonds. The normalized spacial score (nSPS) is 14.8. The minimum Gasteiger partial charge on any atom is -0.456 e. The quantitative estimate of drug-likeness (QED) is 0.155. The van der Waals surface area contributed by atoms with Crippen molar-refractivity contribution in [1.29, 1.82) is 0 Å². The summed E-state index contributed by atoms with van der Waals surface area (Å²) in [7, 11) is 0. The Morgan fingerprint density at radius 2 is 1.33 bits per heavy atom. The molecule has 0 fully saturated rings. The molecule has 5 heterocycles. The van der Waals surface area contributed by atoms with E-state index in [2.05, 4.69) is 190 Å². The summed E-state index contributed by atoms with van der Waals surface area (Å²) in [6, 6.07) is 55.5. The van der Waals surface area contributed by atoms with Crippen LogP contribution in [0.3, 0.4) is 0 Å². The van der Waals surface area contributed by atoms with E-state index >= 15 is 0 Å². The number of nitrogens with zero attached hydrogens (tertiary/aromatic N) is 2. The van der Waals surface area contributed by atoms with Crippen LogP contribution in [-0.2, 0) is 10.8 Å². The largest absolute Gasteiger partial charge is 0.456 e. The molecule has 0 radical (unpaired) electrons. The van der Waals surface area contributed by atoms with E-state index in [-0.39, 0.29) is 17.7 Å². The van der Waals surface area contributed by atoms with Gasteiger partial charge in [-0.1, -0.05) is 126 Å². The Balaban J connectivity index is 1.17. The summed E-state index contributed by atoms with van der Waals surface area (Å²) in [6.07, 6.45) is 0. The molecule has 3 aromatic heterocycles. The number of rotatable bonds is 1. The minimum atomic E-state index is -0.149. The predicted octanol–water partition coefficient (Wildman–Crippen LogP) is 13.9. The zero-order valence-corrected chi connectivity index (χ0v) is 35.0. The van der Waals surface area contributed by atoms with Crippen LogP contribution in [0.25, 0.3) is 91.9 Å². The van der Waals surface area contributed by atoms with E-state index in [1.54, 1.807) is 0 Å². The highest BCUT2D eigenvalue weighted by Crippen LogP contribution is 2.52. The summed E-state index contributed by atoms with van der Waals surface area (Å²) in [4.78, 5) is 2.67. The Hall–Kier alpha value is -6.56. The van der Waals surface area contributed by atoms with Gasteiger partial charge in [0.25, 0.3) is 0 Å². The Labute approximate surface area is 352 Å². The van der Waals surface area contributed by atoms with Gasteiger partial charge < -0.3 is 13.8 Å². The van der Waals surface area contributed by atoms with Crippen LogP contribution in [0.15, 0.2) is 150 Å². The van der Waals surface area contributed by atoms with Crippen molar-refractivity contribution in [3.8, 4) is 27.9 Å². The van der Waals surface area contributed by atoms with Crippen LogP contribution in [0.5, 0.6) is 0 Å². The van der Waals surface area contributed by atoms with Crippen molar-refractivity contribution >= 4 is 104 Å². The van der Waals surface area contributed by atoms with Crippen LogP contribution in [0.2, 0.25) is 0 Å². The van der Waals surface area contributed by atoms with Gasteiger partial charge in [0, 0.05) is 69.8 Å². The Morgan fingerprint density at radius 1 is 0.550 bits per heavy atom. The van der Waals surface area contributed by atoms with Gasteiger partial charge in [0.1, 0.15) is 11.2 Å². The topological polar surface area (TPSA) is 21.3 Å². The standard InChI is InChI=1S/C55H39BN2OS/c1-54(2,3)30-18-20-31(21-19-30)58-46-25-40-33-13-7-10-16-48(33)59-49(40)27-38(46)35-22-23-36-39-28-51-41(34-14-8-11-17-50(34)60-51)26-45(39)57-47-24-37-32-12-6-9-15-42(32)55(4,5)43(37)29-44(47)56(58)52(35)53(36)57/h6-29H,1-5H3. The molecule has 0 saturated heterocycles. The zero-order valence-electron chi connectivity index (χ0n) is 34.1. The van der Waals surface area contributed by atoms with Crippen molar-refractivity contribution in [1.82, 2.24) is 4.57 Å². The molecular weight excluding hydrogens is 747 g/mol. The number of hydrogen-bond donors (Lipinski definition) is 0. The number of benzene rings is 8. The number of aromatic nitrogens is 1. The van der Waals surface area contributed by atoms with Crippen LogP contribution >= 0.6 is 11.3 Å². The van der Waals surface area contributed by atoms with E-state index < -0.39 is 0 Å². The number of hydrogen-bond acceptors (Lipinski definition) is 3. The van der Waals surface area contributed by atoms with Gasteiger partial charge in [0.2, 0.25) is 0 Å². The summed E-state index contributed by atoms with van der Waals surface area (Å²) in [5.74, 6) is 0. The summed E-state index contributed by atoms with van der Waals surface area (Å²) < 4.78 is 11.9. The third kappa shape index (κ3) is 4.07. The molecular formula is C55H39BN2OS. The maximum absolute atomic E-state index is 6.64. The molecule has 0 bridgehead atoms. The number of anilines is 2. The number of fused-ring (bicyclic) bond motifs is 17. The second kappa shape index (κ2) is 11.0. The lowest BCUT2D eigenvalue weighted by Gasteiger charge is -2.42. The maximum atomic E-state index is 6.64. The second-order valence-corrected chi connectivity index (χ2v) is 20.0. The third-order valence-corrected chi connectivity index (χ3v) is 15.5. The fourth-order valence-corrected chi connectivity index (χ4v) is 12.5. The smallest absolute Gasteiger partial charge is 0.333 e. The predicted molar refractivity (Wildman–Crippen MR) is 256 cm³/mol. The lowest BCUT2D eigenvalue weighted by Crippen LogP contribution is -2.60. The average molecular weight is 787 g/mol. The molecule has 8 aromatic carbocycles. The SMILES string of the molecule is CC(C)(C)c1ccc(N2B3c4cc5c(cc4-n4c6cc7c(cc6c6ccc(c3c64)-c3cc4oc6ccccc6c4cc32)sc2ccccc27)-c2ccccc2C5(C)C)cc1. The number of thiophene rings is 1. The van der Waals surface area contributed by atoms with E-state index in [1.807, 2.05) is 11.3 Å². The number of para-hydroxylation sites is 1. The van der Waals surface area contributed by atoms with Gasteiger partial charge in [-0.15, -0.1) is 11.3 Å². The molecule has 0 unspecified atom stereocenters. The molecule has 2 aliphatic heterocycles. The Kier molecular flexibility index (Phi) is 6.09. The third-order valence-electron chi connectivity index (χ3n) is 14.3. The van der Waals surface area contributed by atoms with Crippen molar-refractivity contribution in [2.24, 2.45) is 0 Å². The van der Waals surface area contributed by atoms with Gasteiger partial charge >= 0.3 is 6.85 Å². The fraction of sp³-hybridized carbons (Fsp3) is 0.127. The Bertz CT molecular complexity index is 3740. The maximum Gasteiger partial charge on any atom is 0.333 e. The highest BCUT2D eigenvalue weighted by Gasteiger charge is 2.46. The van der Waals surface area contributed by atoms with E-state index in [0.29, 0.717) is 0 Å². The molecule has 14 rings (SSSR count). The molecule has 11 aromatic rings. The van der Waals surface area contributed by atoms with E-state index in [0.717, 1.165) is 21.9 Å².